The van der Waals surface area contributed by atoms with Crippen LogP contribution in [0.3, 0.4) is 0 Å². The number of rotatable bonds is 5. The highest BCUT2D eigenvalue weighted by atomic mass is 16.6. The maximum atomic E-state index is 12.9. The Labute approximate surface area is 155 Å². The molecule has 0 saturated heterocycles. The van der Waals surface area contributed by atoms with E-state index in [9.17, 15) is 14.9 Å². The molecule has 1 heterocycles. The van der Waals surface area contributed by atoms with Crippen molar-refractivity contribution in [1.82, 2.24) is 0 Å². The standard InChI is InChI=1S/C19H17N3O5/c1-12-20-16(10-13-4-6-14(7-5-13)22(24)25)19(23)21(12)17-9-8-15(26-2)11-18(17)27-3/h4-11H,1-3H3/b16-10-. The molecule has 0 fully saturated rings. The van der Waals surface area contributed by atoms with E-state index >= 15 is 0 Å². The van der Waals surface area contributed by atoms with E-state index < -0.39 is 4.92 Å². The molecule has 0 radical (unpaired) electrons. The number of carbonyl (C=O) groups excluding carboxylic acids is 1. The molecule has 1 aliphatic rings. The van der Waals surface area contributed by atoms with E-state index in [1.54, 1.807) is 50.4 Å². The molecule has 138 valence electrons. The van der Waals surface area contributed by atoms with Gasteiger partial charge in [0.05, 0.1) is 24.8 Å². The lowest BCUT2D eigenvalue weighted by atomic mass is 10.1. The molecule has 0 saturated carbocycles. The fourth-order valence-electron chi connectivity index (χ4n) is 2.73. The van der Waals surface area contributed by atoms with Gasteiger partial charge < -0.3 is 9.47 Å². The number of anilines is 1. The number of non-ortho nitro benzene ring substituents is 1. The van der Waals surface area contributed by atoms with Gasteiger partial charge in [0.25, 0.3) is 11.6 Å². The summed E-state index contributed by atoms with van der Waals surface area (Å²) in [6, 6.07) is 11.0. The largest absolute Gasteiger partial charge is 0.497 e. The third kappa shape index (κ3) is 3.50. The van der Waals surface area contributed by atoms with Crippen molar-refractivity contribution in [3.63, 3.8) is 0 Å². The lowest BCUT2D eigenvalue weighted by Gasteiger charge is -2.19. The SMILES string of the molecule is COc1ccc(N2C(=O)/C(=C/c3ccc([N+](=O)[O-])cc3)N=C2C)c(OC)c1. The summed E-state index contributed by atoms with van der Waals surface area (Å²) in [5, 5.41) is 10.7. The Bertz CT molecular complexity index is 964. The van der Waals surface area contributed by atoms with E-state index in [4.69, 9.17) is 9.47 Å². The van der Waals surface area contributed by atoms with Gasteiger partial charge in [-0.15, -0.1) is 0 Å². The Balaban J connectivity index is 1.93. The highest BCUT2D eigenvalue weighted by molar-refractivity contribution is 6.28. The lowest BCUT2D eigenvalue weighted by Crippen LogP contribution is -2.30. The van der Waals surface area contributed by atoms with Crippen LogP contribution in [-0.2, 0) is 4.79 Å². The van der Waals surface area contributed by atoms with Crippen molar-refractivity contribution in [3.05, 3.63) is 63.8 Å². The number of aliphatic imine (C=N–C) groups is 1. The van der Waals surface area contributed by atoms with E-state index in [1.807, 2.05) is 0 Å². The second-order valence-corrected chi connectivity index (χ2v) is 5.72. The number of hydrogen-bond acceptors (Lipinski definition) is 6. The lowest BCUT2D eigenvalue weighted by molar-refractivity contribution is -0.384. The van der Waals surface area contributed by atoms with Crippen molar-refractivity contribution in [2.45, 2.75) is 6.92 Å². The molecule has 0 aliphatic carbocycles. The van der Waals surface area contributed by atoms with Gasteiger partial charge >= 0.3 is 0 Å². The Morgan fingerprint density at radius 2 is 1.81 bits per heavy atom. The van der Waals surface area contributed by atoms with Gasteiger partial charge in [-0.25, -0.2) is 4.99 Å². The molecule has 0 spiro atoms. The molecule has 1 amide bonds. The van der Waals surface area contributed by atoms with Crippen LogP contribution in [0.15, 0.2) is 53.2 Å². The number of nitro groups is 1. The second kappa shape index (κ2) is 7.28. The fraction of sp³-hybridized carbons (Fsp3) is 0.158. The van der Waals surface area contributed by atoms with E-state index in [1.165, 1.54) is 24.1 Å². The summed E-state index contributed by atoms with van der Waals surface area (Å²) in [4.78, 5) is 28.9. The maximum Gasteiger partial charge on any atom is 0.282 e. The average Bonchev–Trinajstić information content (AvgIpc) is 2.94. The molecule has 27 heavy (non-hydrogen) atoms. The zero-order chi connectivity index (χ0) is 19.6. The van der Waals surface area contributed by atoms with Crippen molar-refractivity contribution in [2.24, 2.45) is 4.99 Å². The maximum absolute atomic E-state index is 12.9. The summed E-state index contributed by atoms with van der Waals surface area (Å²) in [5.41, 5.74) is 1.42. The molecule has 0 aromatic heterocycles. The van der Waals surface area contributed by atoms with Crippen LogP contribution in [0.5, 0.6) is 11.5 Å². The van der Waals surface area contributed by atoms with Crippen LogP contribution in [0.1, 0.15) is 12.5 Å². The number of benzene rings is 2. The summed E-state index contributed by atoms with van der Waals surface area (Å²) in [7, 11) is 3.06. The molecule has 0 unspecified atom stereocenters. The van der Waals surface area contributed by atoms with Gasteiger partial charge in [0.2, 0.25) is 0 Å². The monoisotopic (exact) mass is 367 g/mol. The smallest absolute Gasteiger partial charge is 0.282 e. The Morgan fingerprint density at radius 3 is 2.41 bits per heavy atom. The van der Waals surface area contributed by atoms with Gasteiger partial charge in [0.15, 0.2) is 0 Å². The molecule has 0 N–H and O–H groups in total. The first-order chi connectivity index (χ1) is 12.9. The van der Waals surface area contributed by atoms with Crippen molar-refractivity contribution < 1.29 is 19.2 Å². The van der Waals surface area contributed by atoms with E-state index in [0.717, 1.165) is 0 Å². The molecular weight excluding hydrogens is 350 g/mol. The minimum atomic E-state index is -0.475. The average molecular weight is 367 g/mol. The van der Waals surface area contributed by atoms with Gasteiger partial charge in [-0.1, -0.05) is 0 Å². The molecule has 3 rings (SSSR count). The van der Waals surface area contributed by atoms with Gasteiger partial charge in [0.1, 0.15) is 23.0 Å². The first kappa shape index (κ1) is 18.1. The summed E-state index contributed by atoms with van der Waals surface area (Å²) in [6.45, 7) is 1.72. The topological polar surface area (TPSA) is 94.3 Å². The number of ether oxygens (including phenoxy) is 2. The Hall–Kier alpha value is -3.68. The van der Waals surface area contributed by atoms with Crippen molar-refractivity contribution in [2.75, 3.05) is 19.1 Å². The predicted octanol–water partition coefficient (Wildman–Crippen LogP) is 3.42. The van der Waals surface area contributed by atoms with Crippen molar-refractivity contribution >= 4 is 29.2 Å². The minimum Gasteiger partial charge on any atom is -0.497 e. The van der Waals surface area contributed by atoms with Gasteiger partial charge in [-0.2, -0.15) is 0 Å². The minimum absolute atomic E-state index is 0.0147. The van der Waals surface area contributed by atoms with Gasteiger partial charge in [-0.05, 0) is 42.8 Å². The predicted molar refractivity (Wildman–Crippen MR) is 101 cm³/mol. The zero-order valence-electron chi connectivity index (χ0n) is 15.0. The molecule has 1 aliphatic heterocycles. The third-order valence-electron chi connectivity index (χ3n) is 4.06. The normalized spacial score (nSPS) is 15.1. The molecule has 2 aromatic rings. The summed E-state index contributed by atoms with van der Waals surface area (Å²) < 4.78 is 10.6. The van der Waals surface area contributed by atoms with E-state index in [0.29, 0.717) is 28.6 Å². The Morgan fingerprint density at radius 1 is 1.11 bits per heavy atom. The van der Waals surface area contributed by atoms with Crippen LogP contribution in [0.25, 0.3) is 6.08 Å². The van der Waals surface area contributed by atoms with Crippen LogP contribution >= 0.6 is 0 Å². The summed E-state index contributed by atoms with van der Waals surface area (Å²) >= 11 is 0. The van der Waals surface area contributed by atoms with Gasteiger partial charge in [-0.3, -0.25) is 19.8 Å². The fourth-order valence-corrected chi connectivity index (χ4v) is 2.73. The molecular formula is C19H17N3O5. The second-order valence-electron chi connectivity index (χ2n) is 5.72. The number of nitro benzene ring substituents is 1. The van der Waals surface area contributed by atoms with Gasteiger partial charge in [0, 0.05) is 18.2 Å². The van der Waals surface area contributed by atoms with Crippen molar-refractivity contribution in [1.29, 1.82) is 0 Å². The highest BCUT2D eigenvalue weighted by Crippen LogP contribution is 2.35. The van der Waals surface area contributed by atoms with Crippen LogP contribution in [-0.4, -0.2) is 30.9 Å². The molecule has 8 nitrogen and oxygen atoms in total. The summed E-state index contributed by atoms with van der Waals surface area (Å²) in [5.74, 6) is 1.28. The van der Waals surface area contributed by atoms with Crippen LogP contribution in [0.4, 0.5) is 11.4 Å². The summed E-state index contributed by atoms with van der Waals surface area (Å²) in [6.07, 6.45) is 1.59. The molecule has 8 heteroatoms. The van der Waals surface area contributed by atoms with Crippen LogP contribution in [0.2, 0.25) is 0 Å². The number of hydrogen-bond donors (Lipinski definition) is 0. The van der Waals surface area contributed by atoms with Crippen molar-refractivity contribution in [3.8, 4) is 11.5 Å². The Kier molecular flexibility index (Phi) is 4.89. The molecule has 0 bridgehead atoms. The number of methoxy groups -OCH3 is 2. The molecule has 2 aromatic carbocycles. The quantitative estimate of drug-likeness (QED) is 0.458. The van der Waals surface area contributed by atoms with Crippen LogP contribution < -0.4 is 14.4 Å². The van der Waals surface area contributed by atoms with Crippen LogP contribution in [0, 0.1) is 10.1 Å². The first-order valence-electron chi connectivity index (χ1n) is 8.02. The number of carbonyl (C=O) groups is 1. The van der Waals surface area contributed by atoms with E-state index in [-0.39, 0.29) is 17.3 Å². The number of amides is 1. The zero-order valence-corrected chi connectivity index (χ0v) is 15.0. The highest BCUT2D eigenvalue weighted by Gasteiger charge is 2.31. The number of nitrogens with zero attached hydrogens (tertiary/aromatic N) is 3. The third-order valence-corrected chi connectivity index (χ3v) is 4.06. The molecule has 0 atom stereocenters. The number of amidine groups is 1. The first-order valence-corrected chi connectivity index (χ1v) is 8.02. The van der Waals surface area contributed by atoms with E-state index in [2.05, 4.69) is 4.99 Å².